The molecule has 0 atom stereocenters. The summed E-state index contributed by atoms with van der Waals surface area (Å²) in [5, 5.41) is 2.64. The molecule has 0 heterocycles. The van der Waals surface area contributed by atoms with Crippen molar-refractivity contribution in [1.82, 2.24) is 5.32 Å². The van der Waals surface area contributed by atoms with Gasteiger partial charge in [0, 0.05) is 0 Å². The molecule has 0 radical (unpaired) electrons. The van der Waals surface area contributed by atoms with Gasteiger partial charge >= 0.3 is 5.97 Å². The van der Waals surface area contributed by atoms with Crippen LogP contribution in [0.5, 0.6) is 11.5 Å². The topological polar surface area (TPSA) is 73.9 Å². The molecule has 0 saturated carbocycles. The summed E-state index contributed by atoms with van der Waals surface area (Å²) in [5.41, 5.74) is 2.30. The summed E-state index contributed by atoms with van der Waals surface area (Å²) in [6.07, 6.45) is 0. The van der Waals surface area contributed by atoms with Gasteiger partial charge < -0.3 is 19.5 Å². The lowest BCUT2D eigenvalue weighted by atomic mass is 10.1. The third-order valence-electron chi connectivity index (χ3n) is 3.59. The molecule has 0 bridgehead atoms. The van der Waals surface area contributed by atoms with Gasteiger partial charge in [0.15, 0.2) is 6.61 Å². The SMILES string of the molecule is COc1ccc(C)cc1C(=O)OCC(=O)NCCOc1cccc(C)c1. The zero-order valence-corrected chi connectivity index (χ0v) is 15.2. The molecule has 0 unspecified atom stereocenters. The van der Waals surface area contributed by atoms with Crippen molar-refractivity contribution in [3.63, 3.8) is 0 Å². The van der Waals surface area contributed by atoms with E-state index in [0.29, 0.717) is 24.5 Å². The first kappa shape index (κ1) is 19.3. The van der Waals surface area contributed by atoms with E-state index in [2.05, 4.69) is 5.32 Å². The van der Waals surface area contributed by atoms with Gasteiger partial charge in [-0.2, -0.15) is 0 Å². The second-order valence-corrected chi connectivity index (χ2v) is 5.79. The molecule has 6 heteroatoms. The maximum absolute atomic E-state index is 12.1. The molecule has 26 heavy (non-hydrogen) atoms. The fraction of sp³-hybridized carbons (Fsp3) is 0.300. The fourth-order valence-electron chi connectivity index (χ4n) is 2.31. The summed E-state index contributed by atoms with van der Waals surface area (Å²) >= 11 is 0. The maximum Gasteiger partial charge on any atom is 0.342 e. The third kappa shape index (κ3) is 5.81. The Morgan fingerprint density at radius 2 is 1.81 bits per heavy atom. The summed E-state index contributed by atoms with van der Waals surface area (Å²) < 4.78 is 15.7. The number of hydrogen-bond donors (Lipinski definition) is 1. The molecule has 2 aromatic rings. The lowest BCUT2D eigenvalue weighted by Gasteiger charge is -2.10. The highest BCUT2D eigenvalue weighted by molar-refractivity contribution is 5.94. The average Bonchev–Trinajstić information content (AvgIpc) is 2.63. The van der Waals surface area contributed by atoms with Gasteiger partial charge in [-0.15, -0.1) is 0 Å². The van der Waals surface area contributed by atoms with Crippen molar-refractivity contribution in [2.45, 2.75) is 13.8 Å². The highest BCUT2D eigenvalue weighted by Crippen LogP contribution is 2.20. The summed E-state index contributed by atoms with van der Waals surface area (Å²) in [5.74, 6) is 0.166. The van der Waals surface area contributed by atoms with Crippen molar-refractivity contribution < 1.29 is 23.8 Å². The van der Waals surface area contributed by atoms with Crippen molar-refractivity contribution in [3.05, 3.63) is 59.2 Å². The number of rotatable bonds is 8. The summed E-state index contributed by atoms with van der Waals surface area (Å²) in [7, 11) is 1.47. The lowest BCUT2D eigenvalue weighted by molar-refractivity contribution is -0.124. The molecule has 2 aromatic carbocycles. The van der Waals surface area contributed by atoms with Gasteiger partial charge in [0.1, 0.15) is 23.7 Å². The summed E-state index contributed by atoms with van der Waals surface area (Å²) in [6, 6.07) is 12.8. The van der Waals surface area contributed by atoms with Crippen LogP contribution in [0.15, 0.2) is 42.5 Å². The Balaban J connectivity index is 1.73. The van der Waals surface area contributed by atoms with Gasteiger partial charge in [-0.1, -0.05) is 23.8 Å². The first-order chi connectivity index (χ1) is 12.5. The number of methoxy groups -OCH3 is 1. The predicted octanol–water partition coefficient (Wildman–Crippen LogP) is 2.66. The van der Waals surface area contributed by atoms with Gasteiger partial charge in [-0.3, -0.25) is 4.79 Å². The van der Waals surface area contributed by atoms with E-state index in [1.807, 2.05) is 44.2 Å². The van der Waals surface area contributed by atoms with Crippen LogP contribution in [0.25, 0.3) is 0 Å². The second-order valence-electron chi connectivity index (χ2n) is 5.79. The number of carbonyl (C=O) groups is 2. The van der Waals surface area contributed by atoms with Crippen LogP contribution in [0.1, 0.15) is 21.5 Å². The molecule has 0 aliphatic heterocycles. The van der Waals surface area contributed by atoms with Crippen molar-refractivity contribution in [3.8, 4) is 11.5 Å². The maximum atomic E-state index is 12.1. The number of ether oxygens (including phenoxy) is 3. The van der Waals surface area contributed by atoms with Crippen LogP contribution in [-0.2, 0) is 9.53 Å². The number of amides is 1. The van der Waals surface area contributed by atoms with Gasteiger partial charge in [0.2, 0.25) is 0 Å². The predicted molar refractivity (Wildman–Crippen MR) is 97.7 cm³/mol. The van der Waals surface area contributed by atoms with Gasteiger partial charge in [-0.05, 0) is 43.7 Å². The van der Waals surface area contributed by atoms with E-state index in [9.17, 15) is 9.59 Å². The van der Waals surface area contributed by atoms with Gasteiger partial charge in [0.25, 0.3) is 5.91 Å². The minimum Gasteiger partial charge on any atom is -0.496 e. The lowest BCUT2D eigenvalue weighted by Crippen LogP contribution is -2.32. The highest BCUT2D eigenvalue weighted by atomic mass is 16.5. The Labute approximate surface area is 153 Å². The van der Waals surface area contributed by atoms with Crippen LogP contribution in [0.4, 0.5) is 0 Å². The Morgan fingerprint density at radius 3 is 2.54 bits per heavy atom. The van der Waals surface area contributed by atoms with Crippen LogP contribution in [0.2, 0.25) is 0 Å². The van der Waals surface area contributed by atoms with Crippen molar-refractivity contribution in [2.75, 3.05) is 26.9 Å². The molecule has 0 fully saturated rings. The molecule has 6 nitrogen and oxygen atoms in total. The fourth-order valence-corrected chi connectivity index (χ4v) is 2.31. The molecule has 0 aliphatic carbocycles. The van der Waals surface area contributed by atoms with Crippen molar-refractivity contribution in [2.24, 2.45) is 0 Å². The molecule has 0 spiro atoms. The van der Waals surface area contributed by atoms with E-state index in [1.165, 1.54) is 7.11 Å². The summed E-state index contributed by atoms with van der Waals surface area (Å²) in [6.45, 7) is 4.12. The molecule has 2 rings (SSSR count). The van der Waals surface area contributed by atoms with Crippen LogP contribution in [0.3, 0.4) is 0 Å². The van der Waals surface area contributed by atoms with Gasteiger partial charge in [-0.25, -0.2) is 4.79 Å². The number of esters is 1. The molecule has 0 aromatic heterocycles. The number of aryl methyl sites for hydroxylation is 2. The van der Waals surface area contributed by atoms with E-state index in [1.54, 1.807) is 12.1 Å². The normalized spacial score (nSPS) is 10.1. The molecule has 1 N–H and O–H groups in total. The Kier molecular flexibility index (Phi) is 7.02. The first-order valence-corrected chi connectivity index (χ1v) is 8.27. The largest absolute Gasteiger partial charge is 0.496 e. The molecule has 138 valence electrons. The van der Waals surface area contributed by atoms with Crippen molar-refractivity contribution in [1.29, 1.82) is 0 Å². The zero-order chi connectivity index (χ0) is 18.9. The van der Waals surface area contributed by atoms with Crippen LogP contribution in [0, 0.1) is 13.8 Å². The molecule has 0 aliphatic rings. The number of nitrogens with one attached hydrogen (secondary N) is 1. The van der Waals surface area contributed by atoms with Gasteiger partial charge in [0.05, 0.1) is 13.7 Å². The minimum atomic E-state index is -0.600. The van der Waals surface area contributed by atoms with Crippen LogP contribution in [-0.4, -0.2) is 38.7 Å². The zero-order valence-electron chi connectivity index (χ0n) is 15.2. The molecule has 1 amide bonds. The monoisotopic (exact) mass is 357 g/mol. The van der Waals surface area contributed by atoms with E-state index < -0.39 is 11.9 Å². The smallest absolute Gasteiger partial charge is 0.342 e. The van der Waals surface area contributed by atoms with Crippen molar-refractivity contribution >= 4 is 11.9 Å². The highest BCUT2D eigenvalue weighted by Gasteiger charge is 2.15. The Bertz CT molecular complexity index is 773. The first-order valence-electron chi connectivity index (χ1n) is 8.27. The van der Waals surface area contributed by atoms with E-state index >= 15 is 0 Å². The molecule has 0 saturated heterocycles. The Hall–Kier alpha value is -3.02. The van der Waals surface area contributed by atoms with Crippen LogP contribution < -0.4 is 14.8 Å². The van der Waals surface area contributed by atoms with Crippen LogP contribution >= 0.6 is 0 Å². The quantitative estimate of drug-likeness (QED) is 0.581. The average molecular weight is 357 g/mol. The Morgan fingerprint density at radius 1 is 1.04 bits per heavy atom. The minimum absolute atomic E-state index is 0.295. The van der Waals surface area contributed by atoms with E-state index in [-0.39, 0.29) is 6.61 Å². The third-order valence-corrected chi connectivity index (χ3v) is 3.59. The van der Waals surface area contributed by atoms with E-state index in [0.717, 1.165) is 16.9 Å². The molecular weight excluding hydrogens is 334 g/mol. The van der Waals surface area contributed by atoms with E-state index in [4.69, 9.17) is 14.2 Å². The standard InChI is InChI=1S/C20H23NO5/c1-14-5-4-6-16(11-14)25-10-9-21-19(22)13-26-20(23)17-12-15(2)7-8-18(17)24-3/h4-8,11-12H,9-10,13H2,1-3H3,(H,21,22). The molecular formula is C20H23NO5. The number of carbonyl (C=O) groups excluding carboxylic acids is 2. The second kappa shape index (κ2) is 9.46. The number of hydrogen-bond acceptors (Lipinski definition) is 5. The number of benzene rings is 2. The summed E-state index contributed by atoms with van der Waals surface area (Å²) in [4.78, 5) is 23.9.